The molecule has 1 aromatic carbocycles. The van der Waals surface area contributed by atoms with Gasteiger partial charge in [0.15, 0.2) is 5.69 Å². The Bertz CT molecular complexity index is 1280. The Morgan fingerprint density at radius 3 is 2.64 bits per heavy atom. The predicted molar refractivity (Wildman–Crippen MR) is 127 cm³/mol. The number of rotatable bonds is 8. The Balaban J connectivity index is 2.09. The van der Waals surface area contributed by atoms with Crippen LogP contribution in [0.25, 0.3) is 0 Å². The largest absolute Gasteiger partial charge is 0.383 e. The van der Waals surface area contributed by atoms with Gasteiger partial charge in [-0.15, -0.1) is 0 Å². The standard InChI is InChI=1S/C21H29N5O6S/c1-5-8-25-18(22)17(19(27)23-21(25)29)24(9-10-32-3)20(28)14-6-7-16-15(12-14)11-13(2)26(16)33(4,30)31/h6-7,12-13H,5,8-11,22H2,1-4H3,(H,23,27,29). The van der Waals surface area contributed by atoms with E-state index in [4.69, 9.17) is 10.5 Å². The van der Waals surface area contributed by atoms with Gasteiger partial charge < -0.3 is 10.5 Å². The minimum absolute atomic E-state index is 0.0237. The van der Waals surface area contributed by atoms with Crippen LogP contribution in [0, 0.1) is 0 Å². The molecule has 2 aromatic rings. The smallest absolute Gasteiger partial charge is 0.330 e. The van der Waals surface area contributed by atoms with E-state index < -0.39 is 27.2 Å². The van der Waals surface area contributed by atoms with Gasteiger partial charge in [0, 0.05) is 31.8 Å². The van der Waals surface area contributed by atoms with Crippen molar-refractivity contribution in [1.29, 1.82) is 0 Å². The number of amides is 1. The average Bonchev–Trinajstić information content (AvgIpc) is 3.08. The minimum Gasteiger partial charge on any atom is -0.383 e. The highest BCUT2D eigenvalue weighted by atomic mass is 32.2. The first-order valence-electron chi connectivity index (χ1n) is 10.6. The Hall–Kier alpha value is -3.12. The zero-order valence-corrected chi connectivity index (χ0v) is 19.9. The fourth-order valence-corrected chi connectivity index (χ4v) is 5.44. The summed E-state index contributed by atoms with van der Waals surface area (Å²) in [5, 5.41) is 0. The van der Waals surface area contributed by atoms with Crippen molar-refractivity contribution in [3.63, 3.8) is 0 Å². The summed E-state index contributed by atoms with van der Waals surface area (Å²) in [4.78, 5) is 41.8. The van der Waals surface area contributed by atoms with E-state index in [1.807, 2.05) is 6.92 Å². The number of nitrogen functional groups attached to an aromatic ring is 1. The van der Waals surface area contributed by atoms with Gasteiger partial charge in [0.05, 0.1) is 18.6 Å². The molecular weight excluding hydrogens is 450 g/mol. The number of carbonyl (C=O) groups is 1. The van der Waals surface area contributed by atoms with Gasteiger partial charge >= 0.3 is 5.69 Å². The lowest BCUT2D eigenvalue weighted by molar-refractivity contribution is 0.0975. The number of aromatic amines is 1. The third-order valence-electron chi connectivity index (χ3n) is 5.53. The molecular formula is C21H29N5O6S. The topological polar surface area (TPSA) is 148 Å². The molecule has 0 spiro atoms. The Morgan fingerprint density at radius 1 is 1.33 bits per heavy atom. The molecule has 0 aliphatic carbocycles. The van der Waals surface area contributed by atoms with E-state index in [0.29, 0.717) is 24.1 Å². The Kier molecular flexibility index (Phi) is 6.98. The molecule has 180 valence electrons. The summed E-state index contributed by atoms with van der Waals surface area (Å²) in [6.07, 6.45) is 2.19. The highest BCUT2D eigenvalue weighted by Crippen LogP contribution is 2.35. The SMILES string of the molecule is CCCn1c(N)c(N(CCOC)C(=O)c2ccc3c(c2)CC(C)N3S(C)(=O)=O)c(=O)[nH]c1=O. The molecule has 1 aromatic heterocycles. The van der Waals surface area contributed by atoms with E-state index in [2.05, 4.69) is 4.98 Å². The second-order valence-corrected chi connectivity index (χ2v) is 9.91. The summed E-state index contributed by atoms with van der Waals surface area (Å²) in [6.45, 7) is 4.08. The fourth-order valence-electron chi connectivity index (χ4n) is 4.18. The molecule has 0 saturated heterocycles. The summed E-state index contributed by atoms with van der Waals surface area (Å²) in [7, 11) is -2.00. The molecule has 1 amide bonds. The number of benzene rings is 1. The van der Waals surface area contributed by atoms with Gasteiger partial charge in [-0.05, 0) is 43.5 Å². The molecule has 11 nitrogen and oxygen atoms in total. The summed E-state index contributed by atoms with van der Waals surface area (Å²) in [5.74, 6) is -0.618. The molecule has 12 heteroatoms. The lowest BCUT2D eigenvalue weighted by atomic mass is 10.1. The summed E-state index contributed by atoms with van der Waals surface area (Å²) < 4.78 is 32.0. The van der Waals surface area contributed by atoms with E-state index >= 15 is 0 Å². The number of methoxy groups -OCH3 is 1. The van der Waals surface area contributed by atoms with E-state index in [1.165, 1.54) is 26.9 Å². The van der Waals surface area contributed by atoms with Gasteiger partial charge in [-0.1, -0.05) is 6.92 Å². The monoisotopic (exact) mass is 479 g/mol. The van der Waals surface area contributed by atoms with Gasteiger partial charge in [-0.3, -0.25) is 28.3 Å². The normalized spacial score (nSPS) is 15.5. The van der Waals surface area contributed by atoms with Gasteiger partial charge in [0.25, 0.3) is 11.5 Å². The van der Waals surface area contributed by atoms with Crippen LogP contribution in [0.2, 0.25) is 0 Å². The highest BCUT2D eigenvalue weighted by molar-refractivity contribution is 7.92. The first kappa shape index (κ1) is 24.5. The van der Waals surface area contributed by atoms with Gasteiger partial charge in [-0.25, -0.2) is 13.2 Å². The number of aromatic nitrogens is 2. The summed E-state index contributed by atoms with van der Waals surface area (Å²) in [5.41, 5.74) is 6.13. The van der Waals surface area contributed by atoms with E-state index in [1.54, 1.807) is 19.1 Å². The highest BCUT2D eigenvalue weighted by Gasteiger charge is 2.33. The van der Waals surface area contributed by atoms with Crippen LogP contribution in [0.5, 0.6) is 0 Å². The predicted octanol–water partition coefficient (Wildman–Crippen LogP) is 0.533. The zero-order chi connectivity index (χ0) is 24.5. The Labute approximate surface area is 191 Å². The van der Waals surface area contributed by atoms with Gasteiger partial charge in [-0.2, -0.15) is 0 Å². The lowest BCUT2D eigenvalue weighted by Gasteiger charge is -2.25. The van der Waals surface area contributed by atoms with Crippen LogP contribution in [-0.2, 0) is 27.7 Å². The molecule has 1 unspecified atom stereocenters. The first-order valence-corrected chi connectivity index (χ1v) is 12.4. The van der Waals surface area contributed by atoms with Crippen molar-refractivity contribution in [3.05, 3.63) is 50.2 Å². The van der Waals surface area contributed by atoms with Crippen LogP contribution < -0.4 is 26.2 Å². The number of carbonyl (C=O) groups excluding carboxylic acids is 1. The maximum atomic E-state index is 13.5. The number of sulfonamides is 1. The summed E-state index contributed by atoms with van der Waals surface area (Å²) >= 11 is 0. The maximum Gasteiger partial charge on any atom is 0.330 e. The Morgan fingerprint density at radius 2 is 2.03 bits per heavy atom. The van der Waals surface area contributed by atoms with Crippen LogP contribution in [0.4, 0.5) is 17.2 Å². The van der Waals surface area contributed by atoms with Crippen molar-refractivity contribution in [2.24, 2.45) is 0 Å². The zero-order valence-electron chi connectivity index (χ0n) is 19.1. The molecule has 0 bridgehead atoms. The third-order valence-corrected chi connectivity index (χ3v) is 6.80. The maximum absolute atomic E-state index is 13.5. The third kappa shape index (κ3) is 4.67. The van der Waals surface area contributed by atoms with Crippen LogP contribution in [0.1, 0.15) is 36.2 Å². The number of hydrogen-bond acceptors (Lipinski definition) is 7. The van der Waals surface area contributed by atoms with Crippen LogP contribution in [0.3, 0.4) is 0 Å². The van der Waals surface area contributed by atoms with E-state index in [-0.39, 0.29) is 42.8 Å². The summed E-state index contributed by atoms with van der Waals surface area (Å²) in [6, 6.07) is 4.46. The molecule has 0 radical (unpaired) electrons. The number of nitrogens with one attached hydrogen (secondary N) is 1. The van der Waals surface area contributed by atoms with Crippen molar-refractivity contribution >= 4 is 33.1 Å². The molecule has 33 heavy (non-hydrogen) atoms. The molecule has 0 fully saturated rings. The fraction of sp³-hybridized carbons (Fsp3) is 0.476. The molecule has 1 aliphatic heterocycles. The van der Waals surface area contributed by atoms with Crippen molar-refractivity contribution in [3.8, 4) is 0 Å². The number of anilines is 3. The van der Waals surface area contributed by atoms with Gasteiger partial charge in [0.1, 0.15) is 5.82 Å². The molecule has 1 atom stereocenters. The van der Waals surface area contributed by atoms with Crippen LogP contribution in [-0.4, -0.2) is 56.4 Å². The van der Waals surface area contributed by atoms with Crippen LogP contribution >= 0.6 is 0 Å². The second kappa shape index (κ2) is 9.40. The molecule has 3 N–H and O–H groups in total. The second-order valence-electron chi connectivity index (χ2n) is 8.05. The van der Waals surface area contributed by atoms with Crippen molar-refractivity contribution < 1.29 is 17.9 Å². The van der Waals surface area contributed by atoms with Crippen molar-refractivity contribution in [1.82, 2.24) is 9.55 Å². The minimum atomic E-state index is -3.47. The van der Waals surface area contributed by atoms with Crippen molar-refractivity contribution in [2.45, 2.75) is 39.3 Å². The molecule has 2 heterocycles. The number of ether oxygens (including phenoxy) is 1. The number of hydrogen-bond donors (Lipinski definition) is 2. The van der Waals surface area contributed by atoms with Crippen molar-refractivity contribution in [2.75, 3.05) is 41.5 Å². The number of nitrogens with two attached hydrogens (primary N) is 1. The lowest BCUT2D eigenvalue weighted by Crippen LogP contribution is -2.42. The molecule has 1 aliphatic rings. The van der Waals surface area contributed by atoms with E-state index in [0.717, 1.165) is 6.26 Å². The van der Waals surface area contributed by atoms with E-state index in [9.17, 15) is 22.8 Å². The number of nitrogens with zero attached hydrogens (tertiary/aromatic N) is 3. The van der Waals surface area contributed by atoms with Crippen LogP contribution in [0.15, 0.2) is 27.8 Å². The van der Waals surface area contributed by atoms with Gasteiger partial charge in [0.2, 0.25) is 10.0 Å². The molecule has 0 saturated carbocycles. The quantitative estimate of drug-likeness (QED) is 0.561. The average molecular weight is 480 g/mol. The number of H-pyrrole nitrogens is 1. The molecule has 3 rings (SSSR count). The number of fused-ring (bicyclic) bond motifs is 1. The first-order chi connectivity index (χ1) is 15.5.